The van der Waals surface area contributed by atoms with E-state index in [-0.39, 0.29) is 88.3 Å². The number of aliphatic carboxylic acids is 1. The molecule has 1 aromatic heterocycles. The van der Waals surface area contributed by atoms with Crippen LogP contribution < -0.4 is 37.2 Å². The number of nitrogens with one attached hydrogen (secondary N) is 8. The van der Waals surface area contributed by atoms with Crippen LogP contribution in [0.15, 0.2) is 34.7 Å². The van der Waals surface area contributed by atoms with Gasteiger partial charge in [0.2, 0.25) is 47.3 Å². The van der Waals surface area contributed by atoms with E-state index in [1.54, 1.807) is 51.3 Å². The zero-order valence-corrected chi connectivity index (χ0v) is 48.1. The summed E-state index contributed by atoms with van der Waals surface area (Å²) in [5, 5.41) is 42.1. The number of rotatable bonds is 20. The second-order valence-electron chi connectivity index (χ2n) is 20.8. The highest BCUT2D eigenvalue weighted by Gasteiger charge is 2.44. The molecule has 10 N–H and O–H groups in total. The quantitative estimate of drug-likeness (QED) is 0.0641. The molecular formula is C55H77N9O15S2. The highest BCUT2D eigenvalue weighted by Crippen LogP contribution is 2.35. The van der Waals surface area contributed by atoms with Crippen LogP contribution in [0.5, 0.6) is 0 Å². The normalized spacial score (nSPS) is 23.8. The van der Waals surface area contributed by atoms with E-state index in [4.69, 9.17) is 4.74 Å². The van der Waals surface area contributed by atoms with E-state index < -0.39 is 139 Å². The number of carbonyl (C=O) groups is 12. The van der Waals surface area contributed by atoms with E-state index in [1.165, 1.54) is 17.8 Å². The molecular weight excluding hydrogens is 1090 g/mol. The Morgan fingerprint density at radius 2 is 1.54 bits per heavy atom. The van der Waals surface area contributed by atoms with Gasteiger partial charge >= 0.3 is 5.97 Å². The van der Waals surface area contributed by atoms with E-state index in [9.17, 15) is 67.7 Å². The summed E-state index contributed by atoms with van der Waals surface area (Å²) in [6.45, 7) is 6.20. The Hall–Kier alpha value is -6.64. The molecule has 26 heteroatoms. The van der Waals surface area contributed by atoms with Crippen LogP contribution in [0.2, 0.25) is 0 Å². The Morgan fingerprint density at radius 1 is 0.840 bits per heavy atom. The fraction of sp³-hybridized carbons (Fsp3) is 0.600. The number of carboxylic acid groups (broad SMARTS) is 1. The van der Waals surface area contributed by atoms with Crippen molar-refractivity contribution in [3.8, 4) is 0 Å². The molecule has 5 rings (SSSR count). The molecule has 2 aromatic rings. The zero-order valence-electron chi connectivity index (χ0n) is 46.5. The van der Waals surface area contributed by atoms with Crippen LogP contribution in [-0.2, 0) is 75.1 Å². The van der Waals surface area contributed by atoms with Gasteiger partial charge in [-0.1, -0.05) is 46.6 Å². The fourth-order valence-corrected chi connectivity index (χ4v) is 11.2. The minimum absolute atomic E-state index is 0.0231. The molecule has 444 valence electrons. The summed E-state index contributed by atoms with van der Waals surface area (Å²) in [5.74, 6) is -12.3. The zero-order chi connectivity index (χ0) is 59.3. The number of benzene rings is 1. The third kappa shape index (κ3) is 19.8. The van der Waals surface area contributed by atoms with Crippen LogP contribution in [-0.4, -0.2) is 179 Å². The van der Waals surface area contributed by atoms with E-state index in [0.717, 1.165) is 16.7 Å². The van der Waals surface area contributed by atoms with Gasteiger partial charge in [0.25, 0.3) is 0 Å². The van der Waals surface area contributed by atoms with Gasteiger partial charge in [-0.15, -0.1) is 23.5 Å². The number of aromatic nitrogens is 1. The van der Waals surface area contributed by atoms with Gasteiger partial charge in [-0.2, -0.15) is 0 Å². The highest BCUT2D eigenvalue weighted by molar-refractivity contribution is 8.01. The number of ketones is 3. The monoisotopic (exact) mass is 1170 g/mol. The lowest BCUT2D eigenvalue weighted by atomic mass is 9.86. The van der Waals surface area contributed by atoms with Gasteiger partial charge in [0.15, 0.2) is 11.6 Å². The smallest absolute Gasteiger partial charge is 0.304 e. The molecule has 3 aliphatic heterocycles. The van der Waals surface area contributed by atoms with Crippen molar-refractivity contribution in [1.82, 2.24) is 47.1 Å². The van der Waals surface area contributed by atoms with Gasteiger partial charge in [0, 0.05) is 86.8 Å². The van der Waals surface area contributed by atoms with Crippen molar-refractivity contribution in [3.63, 3.8) is 0 Å². The summed E-state index contributed by atoms with van der Waals surface area (Å²) in [6, 6.07) is -0.0288. The molecule has 4 heterocycles. The molecule has 2 bridgehead atoms. The maximum Gasteiger partial charge on any atom is 0.304 e. The molecule has 81 heavy (non-hydrogen) atoms. The van der Waals surface area contributed by atoms with Crippen molar-refractivity contribution in [1.29, 1.82) is 0 Å². The average molecular weight is 1170 g/mol. The Morgan fingerprint density at radius 3 is 2.25 bits per heavy atom. The molecule has 1 aromatic carbocycles. The number of H-pyrrole nitrogens is 1. The predicted octanol–water partition coefficient (Wildman–Crippen LogP) is 0.604. The van der Waals surface area contributed by atoms with Gasteiger partial charge in [-0.25, -0.2) is 0 Å². The van der Waals surface area contributed by atoms with Gasteiger partial charge in [-0.3, -0.25) is 57.5 Å². The maximum absolute atomic E-state index is 14.8. The van der Waals surface area contributed by atoms with Crippen LogP contribution in [0.4, 0.5) is 0 Å². The lowest BCUT2D eigenvalue weighted by molar-refractivity contribution is -0.148. The second-order valence-corrected chi connectivity index (χ2v) is 22.5. The molecule has 0 spiro atoms. The molecule has 3 aliphatic rings. The van der Waals surface area contributed by atoms with Crippen molar-refractivity contribution in [2.75, 3.05) is 57.9 Å². The average Bonchev–Trinajstić information content (AvgIpc) is 4.10. The molecule has 0 radical (unpaired) electrons. The van der Waals surface area contributed by atoms with Crippen molar-refractivity contribution in [3.05, 3.63) is 40.8 Å². The molecule has 24 nitrogen and oxygen atoms in total. The van der Waals surface area contributed by atoms with E-state index in [2.05, 4.69) is 42.2 Å². The summed E-state index contributed by atoms with van der Waals surface area (Å²) < 4.78 is 5.44. The third-order valence-electron chi connectivity index (χ3n) is 14.6. The number of aliphatic hydroxyl groups is 1. The molecule has 9 atom stereocenters. The SMILES string of the molecule is CCC(C)[C@@H]1NC(=O)[C@@H]2C[C@@H](O)CN2C(=O)[C@H](CC(=O)O)CC(=O)[C@@H]2CSc3[nH]c4ccc(CC(=O)CCCNC(=O)CCOCCNC(=O)/C=C/SC)cc4c3C[C@H](CC1=O)C(=O)NCC(=O)N[C@@H]([C@@H](C)CC)C(=O)NCC(=O)N2. The van der Waals surface area contributed by atoms with Crippen LogP contribution >= 0.6 is 23.5 Å². The summed E-state index contributed by atoms with van der Waals surface area (Å²) in [6.07, 6.45) is 0.768. The lowest BCUT2D eigenvalue weighted by Crippen LogP contribution is -2.55. The number of amides is 8. The van der Waals surface area contributed by atoms with Crippen LogP contribution in [0, 0.1) is 23.7 Å². The van der Waals surface area contributed by atoms with E-state index >= 15 is 0 Å². The van der Waals surface area contributed by atoms with Crippen molar-refractivity contribution in [2.45, 2.75) is 134 Å². The minimum atomic E-state index is -1.57. The summed E-state index contributed by atoms with van der Waals surface area (Å²) in [5.41, 5.74) is 1.57. The largest absolute Gasteiger partial charge is 0.481 e. The number of thioether (sulfide) groups is 2. The molecule has 1 unspecified atom stereocenters. The number of carboxylic acids is 1. The minimum Gasteiger partial charge on any atom is -0.481 e. The highest BCUT2D eigenvalue weighted by atomic mass is 32.2. The summed E-state index contributed by atoms with van der Waals surface area (Å²) in [4.78, 5) is 168. The first-order valence-electron chi connectivity index (χ1n) is 27.4. The predicted molar refractivity (Wildman–Crippen MR) is 300 cm³/mol. The number of hydrogen-bond donors (Lipinski definition) is 10. The van der Waals surface area contributed by atoms with Crippen molar-refractivity contribution >= 4 is 105 Å². The Kier molecular flexibility index (Phi) is 25.8. The Labute approximate surface area is 478 Å². The third-order valence-corrected chi connectivity index (χ3v) is 16.2. The first-order chi connectivity index (χ1) is 38.6. The maximum atomic E-state index is 14.8. The van der Waals surface area contributed by atoms with Gasteiger partial charge in [0.05, 0.1) is 61.9 Å². The lowest BCUT2D eigenvalue weighted by Gasteiger charge is -2.31. The van der Waals surface area contributed by atoms with Crippen LogP contribution in [0.3, 0.4) is 0 Å². The van der Waals surface area contributed by atoms with Gasteiger partial charge in [-0.05, 0) is 59.6 Å². The summed E-state index contributed by atoms with van der Waals surface area (Å²) >= 11 is 2.44. The second kappa shape index (κ2) is 32.1. The number of hydrogen-bond acceptors (Lipinski definition) is 16. The number of carbonyl (C=O) groups excluding carboxylic acids is 11. The molecule has 0 saturated carbocycles. The Balaban J connectivity index is 1.51. The molecule has 8 amide bonds. The van der Waals surface area contributed by atoms with Crippen molar-refractivity contribution < 1.29 is 72.5 Å². The number of ether oxygens (including phenoxy) is 1. The first-order valence-corrected chi connectivity index (χ1v) is 29.7. The van der Waals surface area contributed by atoms with Gasteiger partial charge < -0.3 is 62.1 Å². The number of Topliss-reactive ketones (excluding diaryl/α,β-unsaturated/α-hetero) is 3. The number of fused-ring (bicyclic) bond motifs is 5. The van der Waals surface area contributed by atoms with E-state index in [0.29, 0.717) is 46.3 Å². The molecule has 1 fully saturated rings. The number of aliphatic hydroxyl groups excluding tert-OH is 1. The van der Waals surface area contributed by atoms with Crippen LogP contribution in [0.1, 0.15) is 96.6 Å². The first kappa shape index (κ1) is 65.2. The van der Waals surface area contributed by atoms with Crippen molar-refractivity contribution in [2.24, 2.45) is 23.7 Å². The standard InChI is InChI=1S/C55H77N9O15S2/c1-6-30(3)49-43(68)22-33-21-38-37-20-32(19-35(65)9-8-14-56-44(69)12-16-79-17-15-57-45(70)13-18-80-5)10-11-39(37)61-54(38)81-29-40(60-46(71)26-59-53(77)50(31(4)7-2)62-47(72)27-58-51(33)75)42(67)23-34(24-48(73)74)55(78)64-28-36(66)25-41(64)52(76)63-49/h10-11,13,18,20,30-31,33-34,36,40-41,49-50,61,66H,6-9,12,14-17,19,21-29H2,1-5H3,(H,56,69)(H,57,70)(H,58,75)(H,59,77)(H,60,71)(H,62,72)(H,63,76)(H,73,74)/b18-13+/t30?,31-,33+,34-,36+,40-,41-,49-,50-/m0/s1. The van der Waals surface area contributed by atoms with Gasteiger partial charge in [0.1, 0.15) is 17.9 Å². The topological polar surface area (TPSA) is 358 Å². The fourth-order valence-electron chi connectivity index (χ4n) is 9.75. The summed E-state index contributed by atoms with van der Waals surface area (Å²) in [7, 11) is 0. The van der Waals surface area contributed by atoms with E-state index in [1.807, 2.05) is 6.26 Å². The number of aromatic amines is 1. The van der Waals surface area contributed by atoms with Crippen LogP contribution in [0.25, 0.3) is 10.9 Å². The molecule has 1 saturated heterocycles. The number of nitrogens with zero attached hydrogens (tertiary/aromatic N) is 1. The molecule has 0 aliphatic carbocycles. The Bertz CT molecular complexity index is 2680.